The minimum absolute atomic E-state index is 0.124. The van der Waals surface area contributed by atoms with Crippen molar-refractivity contribution in [1.82, 2.24) is 15.3 Å². The van der Waals surface area contributed by atoms with Crippen molar-refractivity contribution in [2.24, 2.45) is 5.41 Å². The molecule has 2 aliphatic rings. The third-order valence-corrected chi connectivity index (χ3v) is 4.77. The molecule has 0 saturated carbocycles. The molecule has 0 amide bonds. The number of carbonyl (C=O) groups is 1. The number of nitrogens with zero attached hydrogens (tertiary/aromatic N) is 3. The summed E-state index contributed by atoms with van der Waals surface area (Å²) >= 11 is 0. The van der Waals surface area contributed by atoms with Gasteiger partial charge in [0.25, 0.3) is 0 Å². The van der Waals surface area contributed by atoms with Crippen LogP contribution >= 0.6 is 0 Å². The fourth-order valence-electron chi connectivity index (χ4n) is 3.43. The first-order valence-electron chi connectivity index (χ1n) is 7.90. The molecule has 3 heterocycles. The Morgan fingerprint density at radius 1 is 1.55 bits per heavy atom. The van der Waals surface area contributed by atoms with E-state index >= 15 is 0 Å². The number of aliphatic carboxylic acids is 1. The summed E-state index contributed by atoms with van der Waals surface area (Å²) in [5, 5.41) is 15.5. The van der Waals surface area contributed by atoms with Gasteiger partial charge in [0.05, 0.1) is 0 Å². The Hall–Kier alpha value is -1.89. The van der Waals surface area contributed by atoms with Gasteiger partial charge in [-0.05, 0) is 37.7 Å². The summed E-state index contributed by atoms with van der Waals surface area (Å²) in [7, 11) is 0. The van der Waals surface area contributed by atoms with Gasteiger partial charge in [-0.15, -0.1) is 0 Å². The standard InChI is InChI=1S/C15H23N5O2/c1-2-16-12-3-6-17-14(19-12)20-7-4-15(5-8-20)9-11(13(21)22)18-10-15/h3,6,11,18H,2,4-5,7-10H2,1H3,(H,21,22)(H,16,17,19)/t11-/m1/s1. The summed E-state index contributed by atoms with van der Waals surface area (Å²) < 4.78 is 0. The van der Waals surface area contributed by atoms with Gasteiger partial charge in [-0.2, -0.15) is 4.98 Å². The second-order valence-electron chi connectivity index (χ2n) is 6.24. The van der Waals surface area contributed by atoms with Crippen LogP contribution < -0.4 is 15.5 Å². The van der Waals surface area contributed by atoms with Crippen LogP contribution in [-0.4, -0.2) is 53.3 Å². The van der Waals surface area contributed by atoms with Gasteiger partial charge in [-0.3, -0.25) is 4.79 Å². The summed E-state index contributed by atoms with van der Waals surface area (Å²) in [6.07, 6.45) is 4.48. The number of nitrogens with one attached hydrogen (secondary N) is 2. The number of hydrogen-bond acceptors (Lipinski definition) is 6. The zero-order chi connectivity index (χ0) is 15.6. The van der Waals surface area contributed by atoms with E-state index in [0.717, 1.165) is 57.2 Å². The molecular formula is C15H23N5O2. The number of aromatic nitrogens is 2. The van der Waals surface area contributed by atoms with Crippen molar-refractivity contribution in [2.45, 2.75) is 32.2 Å². The lowest BCUT2D eigenvalue weighted by atomic mass is 9.76. The summed E-state index contributed by atoms with van der Waals surface area (Å²) in [5.74, 6) is 0.872. The highest BCUT2D eigenvalue weighted by atomic mass is 16.4. The molecule has 1 atom stereocenters. The monoisotopic (exact) mass is 305 g/mol. The molecule has 2 aliphatic heterocycles. The maximum Gasteiger partial charge on any atom is 0.320 e. The highest BCUT2D eigenvalue weighted by Crippen LogP contribution is 2.39. The van der Waals surface area contributed by atoms with Crippen molar-refractivity contribution in [3.05, 3.63) is 12.3 Å². The molecular weight excluding hydrogens is 282 g/mol. The van der Waals surface area contributed by atoms with E-state index in [4.69, 9.17) is 5.11 Å². The average molecular weight is 305 g/mol. The lowest BCUT2D eigenvalue weighted by Gasteiger charge is -2.39. The first-order valence-corrected chi connectivity index (χ1v) is 7.90. The highest BCUT2D eigenvalue weighted by Gasteiger charge is 2.43. The second kappa shape index (κ2) is 6.08. The van der Waals surface area contributed by atoms with Crippen molar-refractivity contribution in [3.63, 3.8) is 0 Å². The molecule has 0 aliphatic carbocycles. The molecule has 1 aromatic rings. The molecule has 7 heteroatoms. The van der Waals surface area contributed by atoms with E-state index in [2.05, 4.69) is 25.5 Å². The Labute approximate surface area is 130 Å². The number of piperidine rings is 1. The minimum atomic E-state index is -0.735. The van der Waals surface area contributed by atoms with Crippen LogP contribution in [0.4, 0.5) is 11.8 Å². The van der Waals surface area contributed by atoms with Crippen LogP contribution in [0.3, 0.4) is 0 Å². The SMILES string of the molecule is CCNc1ccnc(N2CCC3(CC2)CN[C@@H](C(=O)O)C3)n1. The molecule has 3 rings (SSSR count). The third-order valence-electron chi connectivity index (χ3n) is 4.77. The maximum atomic E-state index is 11.1. The molecule has 2 fully saturated rings. The molecule has 1 spiro atoms. The Morgan fingerprint density at radius 2 is 2.32 bits per heavy atom. The maximum absolute atomic E-state index is 11.1. The van der Waals surface area contributed by atoms with Gasteiger partial charge >= 0.3 is 5.97 Å². The van der Waals surface area contributed by atoms with Crippen LogP contribution in [0.2, 0.25) is 0 Å². The average Bonchev–Trinajstić information content (AvgIpc) is 2.93. The van der Waals surface area contributed by atoms with Crippen molar-refractivity contribution in [3.8, 4) is 0 Å². The van der Waals surface area contributed by atoms with Crippen LogP contribution in [-0.2, 0) is 4.79 Å². The Bertz CT molecular complexity index is 542. The fourth-order valence-corrected chi connectivity index (χ4v) is 3.43. The van der Waals surface area contributed by atoms with Gasteiger partial charge in [0.1, 0.15) is 11.9 Å². The van der Waals surface area contributed by atoms with Gasteiger partial charge in [-0.25, -0.2) is 4.98 Å². The molecule has 0 radical (unpaired) electrons. The Morgan fingerprint density at radius 3 is 2.95 bits per heavy atom. The molecule has 2 saturated heterocycles. The van der Waals surface area contributed by atoms with Crippen LogP contribution in [0.1, 0.15) is 26.2 Å². The first-order chi connectivity index (χ1) is 10.6. The van der Waals surface area contributed by atoms with Gasteiger partial charge in [-0.1, -0.05) is 0 Å². The quantitative estimate of drug-likeness (QED) is 0.762. The Kier molecular flexibility index (Phi) is 4.15. The zero-order valence-electron chi connectivity index (χ0n) is 12.9. The van der Waals surface area contributed by atoms with E-state index < -0.39 is 5.97 Å². The van der Waals surface area contributed by atoms with E-state index in [1.807, 2.05) is 13.0 Å². The first kappa shape index (κ1) is 15.0. The van der Waals surface area contributed by atoms with Gasteiger partial charge in [0.2, 0.25) is 5.95 Å². The molecule has 7 nitrogen and oxygen atoms in total. The van der Waals surface area contributed by atoms with Crippen molar-refractivity contribution in [1.29, 1.82) is 0 Å². The van der Waals surface area contributed by atoms with Crippen LogP contribution in [0, 0.1) is 5.41 Å². The van der Waals surface area contributed by atoms with Crippen molar-refractivity contribution < 1.29 is 9.90 Å². The minimum Gasteiger partial charge on any atom is -0.480 e. The highest BCUT2D eigenvalue weighted by molar-refractivity contribution is 5.74. The molecule has 22 heavy (non-hydrogen) atoms. The van der Waals surface area contributed by atoms with Gasteiger partial charge < -0.3 is 20.6 Å². The third kappa shape index (κ3) is 2.99. The molecule has 120 valence electrons. The van der Waals surface area contributed by atoms with Crippen molar-refractivity contribution >= 4 is 17.7 Å². The predicted octanol–water partition coefficient (Wildman–Crippen LogP) is 0.941. The van der Waals surface area contributed by atoms with E-state index in [0.29, 0.717) is 0 Å². The second-order valence-corrected chi connectivity index (χ2v) is 6.24. The Balaban J connectivity index is 1.62. The van der Waals surface area contributed by atoms with Gasteiger partial charge in [0.15, 0.2) is 0 Å². The normalized spacial score (nSPS) is 23.7. The number of carboxylic acids is 1. The lowest BCUT2D eigenvalue weighted by molar-refractivity contribution is -0.139. The fraction of sp³-hybridized carbons (Fsp3) is 0.667. The summed E-state index contributed by atoms with van der Waals surface area (Å²) in [6, 6.07) is 1.48. The molecule has 0 aromatic carbocycles. The topological polar surface area (TPSA) is 90.4 Å². The molecule has 0 bridgehead atoms. The van der Waals surface area contributed by atoms with Crippen LogP contribution in [0.15, 0.2) is 12.3 Å². The number of anilines is 2. The number of rotatable bonds is 4. The lowest BCUT2D eigenvalue weighted by Crippen LogP contribution is -2.42. The smallest absolute Gasteiger partial charge is 0.320 e. The van der Waals surface area contributed by atoms with E-state index in [1.165, 1.54) is 0 Å². The predicted molar refractivity (Wildman–Crippen MR) is 84.1 cm³/mol. The van der Waals surface area contributed by atoms with Crippen LogP contribution in [0.25, 0.3) is 0 Å². The van der Waals surface area contributed by atoms with E-state index in [1.54, 1.807) is 6.20 Å². The van der Waals surface area contributed by atoms with E-state index in [-0.39, 0.29) is 11.5 Å². The molecule has 3 N–H and O–H groups in total. The number of hydrogen-bond donors (Lipinski definition) is 3. The zero-order valence-corrected chi connectivity index (χ0v) is 12.9. The summed E-state index contributed by atoms with van der Waals surface area (Å²) in [5.41, 5.74) is 0.124. The largest absolute Gasteiger partial charge is 0.480 e. The van der Waals surface area contributed by atoms with E-state index in [9.17, 15) is 4.79 Å². The van der Waals surface area contributed by atoms with Crippen molar-refractivity contribution in [2.75, 3.05) is 36.4 Å². The van der Waals surface area contributed by atoms with Crippen LogP contribution in [0.5, 0.6) is 0 Å². The number of carboxylic acid groups (broad SMARTS) is 1. The molecule has 1 aromatic heterocycles. The van der Waals surface area contributed by atoms with Gasteiger partial charge in [0, 0.05) is 32.4 Å². The summed E-state index contributed by atoms with van der Waals surface area (Å²) in [6.45, 7) is 5.43. The summed E-state index contributed by atoms with van der Waals surface area (Å²) in [4.78, 5) is 22.2. The molecule has 0 unspecified atom stereocenters.